The quantitative estimate of drug-likeness (QED) is 0.643. The van der Waals surface area contributed by atoms with Crippen molar-refractivity contribution in [3.05, 3.63) is 0 Å². The molecule has 1 heteroatoms. The summed E-state index contributed by atoms with van der Waals surface area (Å²) in [4.78, 5) is 12.3. The van der Waals surface area contributed by atoms with Gasteiger partial charge >= 0.3 is 0 Å². The summed E-state index contributed by atoms with van der Waals surface area (Å²) in [5, 5.41) is 0. The van der Waals surface area contributed by atoms with Crippen molar-refractivity contribution in [2.45, 2.75) is 47.5 Å². The van der Waals surface area contributed by atoms with Gasteiger partial charge in [0.05, 0.1) is 0 Å². The molecule has 4 aliphatic carbocycles. The lowest BCUT2D eigenvalue weighted by Gasteiger charge is -2.46. The molecule has 0 N–H and O–H groups in total. The van der Waals surface area contributed by atoms with Crippen LogP contribution < -0.4 is 0 Å². The number of hydrogen-bond acceptors (Lipinski definition) is 1. The molecule has 15 heavy (non-hydrogen) atoms. The van der Waals surface area contributed by atoms with E-state index < -0.39 is 0 Å². The average molecular weight is 206 g/mol. The molecule has 84 valence electrons. The van der Waals surface area contributed by atoms with E-state index in [1.807, 2.05) is 0 Å². The number of ketones is 1. The first-order valence-corrected chi connectivity index (χ1v) is 6.30. The van der Waals surface area contributed by atoms with Crippen LogP contribution in [0.2, 0.25) is 0 Å². The number of carbonyl (C=O) groups excluding carboxylic acids is 1. The second kappa shape index (κ2) is 2.19. The van der Waals surface area contributed by atoms with Crippen molar-refractivity contribution in [3.8, 4) is 0 Å². The number of Topliss-reactive ketones (excluding diaryl/α,β-unsaturated/α-hetero) is 1. The highest BCUT2D eigenvalue weighted by molar-refractivity contribution is 5.95. The minimum atomic E-state index is 0.0210. The summed E-state index contributed by atoms with van der Waals surface area (Å²) in [5.74, 6) is 2.39. The fourth-order valence-corrected chi connectivity index (χ4v) is 5.58. The highest BCUT2D eigenvalue weighted by Gasteiger charge is 2.83. The van der Waals surface area contributed by atoms with E-state index in [-0.39, 0.29) is 5.41 Å². The second-order valence-corrected chi connectivity index (χ2v) is 7.49. The predicted molar refractivity (Wildman–Crippen MR) is 60.4 cm³/mol. The summed E-state index contributed by atoms with van der Waals surface area (Å²) < 4.78 is 0. The Morgan fingerprint density at radius 2 is 1.80 bits per heavy atom. The summed E-state index contributed by atoms with van der Waals surface area (Å²) in [5.41, 5.74) is 0.816. The molecule has 0 amide bonds. The maximum Gasteiger partial charge on any atom is 0.142 e. The normalized spacial score (nSPS) is 54.9. The zero-order valence-electron chi connectivity index (χ0n) is 10.6. The van der Waals surface area contributed by atoms with Gasteiger partial charge in [0.15, 0.2) is 0 Å². The summed E-state index contributed by atoms with van der Waals surface area (Å²) in [6.07, 6.45) is 2.30. The van der Waals surface area contributed by atoms with Gasteiger partial charge in [-0.2, -0.15) is 0 Å². The largest absolute Gasteiger partial charge is 0.299 e. The van der Waals surface area contributed by atoms with Gasteiger partial charge in [-0.15, -0.1) is 0 Å². The minimum Gasteiger partial charge on any atom is -0.299 e. The van der Waals surface area contributed by atoms with Crippen LogP contribution >= 0.6 is 0 Å². The first-order chi connectivity index (χ1) is 6.76. The van der Waals surface area contributed by atoms with E-state index in [0.29, 0.717) is 34.4 Å². The number of fused-ring (bicyclic) bond motifs is 1. The lowest BCUT2D eigenvalue weighted by atomic mass is 9.57. The second-order valence-electron chi connectivity index (χ2n) is 7.49. The first-order valence-electron chi connectivity index (χ1n) is 6.30. The van der Waals surface area contributed by atoms with Crippen LogP contribution in [0, 0.1) is 34.0 Å². The first kappa shape index (κ1) is 9.86. The van der Waals surface area contributed by atoms with Gasteiger partial charge in [-0.1, -0.05) is 34.6 Å². The maximum atomic E-state index is 12.3. The van der Waals surface area contributed by atoms with Crippen LogP contribution in [-0.4, -0.2) is 5.78 Å². The Bertz CT molecular complexity index is 354. The van der Waals surface area contributed by atoms with Crippen LogP contribution in [0.3, 0.4) is 0 Å². The van der Waals surface area contributed by atoms with E-state index in [1.54, 1.807) is 0 Å². The summed E-state index contributed by atoms with van der Waals surface area (Å²) >= 11 is 0. The van der Waals surface area contributed by atoms with Crippen molar-refractivity contribution in [1.82, 2.24) is 0 Å². The summed E-state index contributed by atoms with van der Waals surface area (Å²) in [6.45, 7) is 11.6. The van der Waals surface area contributed by atoms with E-state index >= 15 is 0 Å². The van der Waals surface area contributed by atoms with Crippen molar-refractivity contribution < 1.29 is 4.79 Å². The van der Waals surface area contributed by atoms with Crippen LogP contribution in [0.25, 0.3) is 0 Å². The molecule has 1 nitrogen and oxygen atoms in total. The van der Waals surface area contributed by atoms with Crippen LogP contribution in [0.4, 0.5) is 0 Å². The van der Waals surface area contributed by atoms with Crippen LogP contribution in [0.15, 0.2) is 0 Å². The number of hydrogen-bond donors (Lipinski definition) is 0. The van der Waals surface area contributed by atoms with E-state index in [9.17, 15) is 4.79 Å². The molecule has 4 rings (SSSR count). The van der Waals surface area contributed by atoms with Gasteiger partial charge < -0.3 is 0 Å². The Morgan fingerprint density at radius 1 is 1.20 bits per heavy atom. The Labute approximate surface area is 92.6 Å². The molecular formula is C14H22O. The zero-order chi connectivity index (χ0) is 11.2. The zero-order valence-corrected chi connectivity index (χ0v) is 10.6. The maximum absolute atomic E-state index is 12.3. The molecule has 4 aliphatic rings. The molecule has 4 bridgehead atoms. The fourth-order valence-electron chi connectivity index (χ4n) is 5.58. The van der Waals surface area contributed by atoms with E-state index in [1.165, 1.54) is 6.42 Å². The Kier molecular flexibility index (Phi) is 1.44. The molecular weight excluding hydrogens is 184 g/mol. The van der Waals surface area contributed by atoms with Crippen LogP contribution in [-0.2, 0) is 4.79 Å². The van der Waals surface area contributed by atoms with Crippen molar-refractivity contribution >= 4 is 5.78 Å². The average Bonchev–Trinajstić information content (AvgIpc) is 2.66. The molecule has 4 fully saturated rings. The molecule has 0 aromatic rings. The lowest BCUT2D eigenvalue weighted by molar-refractivity contribution is -0.134. The van der Waals surface area contributed by atoms with Gasteiger partial charge in [0, 0.05) is 11.3 Å². The third-order valence-electron chi connectivity index (χ3n) is 5.72. The third kappa shape index (κ3) is 0.819. The standard InChI is InChI=1S/C14H22O/c1-8(2)14-7-13(5)6-12(3,4)10(14)9(14)11(13)15/h8-10H,6-7H2,1-5H3. The molecule has 0 aliphatic heterocycles. The van der Waals surface area contributed by atoms with Gasteiger partial charge in [-0.3, -0.25) is 4.79 Å². The highest BCUT2D eigenvalue weighted by atomic mass is 16.1. The van der Waals surface area contributed by atoms with Crippen molar-refractivity contribution in [3.63, 3.8) is 0 Å². The lowest BCUT2D eigenvalue weighted by Crippen LogP contribution is -2.43. The van der Waals surface area contributed by atoms with Crippen molar-refractivity contribution in [2.75, 3.05) is 0 Å². The topological polar surface area (TPSA) is 17.1 Å². The molecule has 4 saturated carbocycles. The molecule has 0 aromatic carbocycles. The smallest absolute Gasteiger partial charge is 0.142 e. The molecule has 0 saturated heterocycles. The monoisotopic (exact) mass is 206 g/mol. The fraction of sp³-hybridized carbons (Fsp3) is 0.929. The van der Waals surface area contributed by atoms with E-state index in [2.05, 4.69) is 34.6 Å². The molecule has 0 radical (unpaired) electrons. The molecule has 0 heterocycles. The van der Waals surface area contributed by atoms with Gasteiger partial charge in [0.25, 0.3) is 0 Å². The third-order valence-corrected chi connectivity index (χ3v) is 5.72. The highest BCUT2D eigenvalue weighted by Crippen LogP contribution is 2.84. The summed E-state index contributed by atoms with van der Waals surface area (Å²) in [6, 6.07) is 0. The van der Waals surface area contributed by atoms with Gasteiger partial charge in [0.2, 0.25) is 0 Å². The van der Waals surface area contributed by atoms with Gasteiger partial charge in [0.1, 0.15) is 5.78 Å². The number of rotatable bonds is 1. The minimum absolute atomic E-state index is 0.0210. The summed E-state index contributed by atoms with van der Waals surface area (Å²) in [7, 11) is 0. The van der Waals surface area contributed by atoms with Crippen LogP contribution in [0.5, 0.6) is 0 Å². The molecule has 4 unspecified atom stereocenters. The Hall–Kier alpha value is -0.330. The molecule has 4 atom stereocenters. The molecule has 0 spiro atoms. The van der Waals surface area contributed by atoms with Crippen LogP contribution in [0.1, 0.15) is 47.5 Å². The Morgan fingerprint density at radius 3 is 2.27 bits per heavy atom. The van der Waals surface area contributed by atoms with Crippen molar-refractivity contribution in [2.24, 2.45) is 34.0 Å². The van der Waals surface area contributed by atoms with Gasteiger partial charge in [-0.05, 0) is 35.5 Å². The van der Waals surface area contributed by atoms with E-state index in [0.717, 1.165) is 6.42 Å². The SMILES string of the molecule is CC(C)C12CC3(C)CC(C)(C)C1C2C3=O. The van der Waals surface area contributed by atoms with Gasteiger partial charge in [-0.25, -0.2) is 0 Å². The number of carbonyl (C=O) groups is 1. The molecule has 0 aromatic heterocycles. The van der Waals surface area contributed by atoms with Crippen molar-refractivity contribution in [1.29, 1.82) is 0 Å². The Balaban J connectivity index is 2.10. The predicted octanol–water partition coefficient (Wildman–Crippen LogP) is 3.28. The van der Waals surface area contributed by atoms with E-state index in [4.69, 9.17) is 0 Å².